The van der Waals surface area contributed by atoms with Crippen LogP contribution >= 0.6 is 0 Å². The third-order valence-corrected chi connectivity index (χ3v) is 7.09. The zero-order chi connectivity index (χ0) is 20.2. The molecule has 0 radical (unpaired) electrons. The fourth-order valence-electron chi connectivity index (χ4n) is 5.26. The van der Waals surface area contributed by atoms with Crippen LogP contribution in [0.4, 0.5) is 0 Å². The van der Waals surface area contributed by atoms with Gasteiger partial charge in [0.05, 0.1) is 6.61 Å². The van der Waals surface area contributed by atoms with E-state index in [-0.39, 0.29) is 5.92 Å². The summed E-state index contributed by atoms with van der Waals surface area (Å²) in [5.74, 6) is 2.24. The lowest BCUT2D eigenvalue weighted by Gasteiger charge is -2.33. The quantitative estimate of drug-likeness (QED) is 0.594. The number of aliphatic hydroxyl groups excluding tert-OH is 1. The third-order valence-electron chi connectivity index (χ3n) is 7.09. The van der Waals surface area contributed by atoms with Gasteiger partial charge in [-0.1, -0.05) is 61.5 Å². The maximum absolute atomic E-state index is 12.6. The zero-order valence-corrected chi connectivity index (χ0v) is 17.3. The van der Waals surface area contributed by atoms with E-state index in [0.717, 1.165) is 37.2 Å². The highest BCUT2D eigenvalue weighted by molar-refractivity contribution is 5.85. The van der Waals surface area contributed by atoms with Gasteiger partial charge >= 0.3 is 0 Å². The van der Waals surface area contributed by atoms with E-state index in [1.807, 2.05) is 30.3 Å². The minimum Gasteiger partial charge on any atom is -0.368 e. The average molecular weight is 393 g/mol. The number of carbonyl (C=O) groups excluding carboxylic acids is 1. The number of aliphatic hydroxyl groups is 1. The van der Waals surface area contributed by atoms with Gasteiger partial charge in [0.1, 0.15) is 5.78 Å². The Morgan fingerprint density at radius 3 is 2.52 bits per heavy atom. The highest BCUT2D eigenvalue weighted by Gasteiger charge is 2.44. The molecule has 3 heteroatoms. The van der Waals surface area contributed by atoms with Crippen LogP contribution in [0.3, 0.4) is 0 Å². The standard InChI is InChI=1S/C26H32O3/c1-18-22-14-15-23(16-22)26(28)24(18)8-5-9-25(27)29-17-19-10-12-21(13-11-19)20-6-3-2-4-7-20/h2-4,6-7,10-13,18,22-25,27H,5,8-9,14-17H2,1H3. The molecule has 2 fully saturated rings. The van der Waals surface area contributed by atoms with Crippen LogP contribution < -0.4 is 0 Å². The van der Waals surface area contributed by atoms with E-state index in [1.54, 1.807) is 0 Å². The van der Waals surface area contributed by atoms with Crippen molar-refractivity contribution in [2.24, 2.45) is 23.7 Å². The largest absolute Gasteiger partial charge is 0.368 e. The van der Waals surface area contributed by atoms with Gasteiger partial charge in [-0.3, -0.25) is 4.79 Å². The lowest BCUT2D eigenvalue weighted by atomic mass is 9.70. The molecule has 0 aliphatic heterocycles. The number of carbonyl (C=O) groups is 1. The second-order valence-corrected chi connectivity index (χ2v) is 8.90. The van der Waals surface area contributed by atoms with Crippen molar-refractivity contribution in [3.8, 4) is 11.1 Å². The monoisotopic (exact) mass is 392 g/mol. The molecule has 2 saturated carbocycles. The van der Waals surface area contributed by atoms with Crippen molar-refractivity contribution in [1.82, 2.24) is 0 Å². The second kappa shape index (κ2) is 9.23. The minimum atomic E-state index is -0.769. The zero-order valence-electron chi connectivity index (χ0n) is 17.3. The molecule has 4 rings (SSSR count). The first-order chi connectivity index (χ1) is 14.1. The first-order valence-electron chi connectivity index (χ1n) is 11.1. The predicted molar refractivity (Wildman–Crippen MR) is 115 cm³/mol. The number of ether oxygens (including phenoxy) is 1. The van der Waals surface area contributed by atoms with Gasteiger partial charge in [-0.2, -0.15) is 0 Å². The van der Waals surface area contributed by atoms with Crippen molar-refractivity contribution in [2.45, 2.75) is 58.3 Å². The Morgan fingerprint density at radius 1 is 1.03 bits per heavy atom. The number of ketones is 1. The first-order valence-corrected chi connectivity index (χ1v) is 11.1. The molecule has 2 aliphatic carbocycles. The van der Waals surface area contributed by atoms with Gasteiger partial charge in [-0.15, -0.1) is 0 Å². The van der Waals surface area contributed by atoms with Gasteiger partial charge < -0.3 is 9.84 Å². The van der Waals surface area contributed by atoms with Crippen molar-refractivity contribution in [1.29, 1.82) is 0 Å². The molecular formula is C26H32O3. The van der Waals surface area contributed by atoms with Crippen molar-refractivity contribution in [2.75, 3.05) is 0 Å². The SMILES string of the molecule is CC1C2CCC(C2)C(=O)C1CCCC(O)OCc1ccc(-c2ccccc2)cc1. The fourth-order valence-corrected chi connectivity index (χ4v) is 5.26. The molecule has 0 spiro atoms. The summed E-state index contributed by atoms with van der Waals surface area (Å²) in [4.78, 5) is 12.6. The van der Waals surface area contributed by atoms with Crippen molar-refractivity contribution in [3.05, 3.63) is 60.2 Å². The van der Waals surface area contributed by atoms with Crippen molar-refractivity contribution in [3.63, 3.8) is 0 Å². The Bertz CT molecular complexity index is 798. The lowest BCUT2D eigenvalue weighted by molar-refractivity contribution is -0.132. The van der Waals surface area contributed by atoms with Crippen LogP contribution in [0.25, 0.3) is 11.1 Å². The van der Waals surface area contributed by atoms with Gasteiger partial charge in [0.15, 0.2) is 6.29 Å². The molecule has 5 unspecified atom stereocenters. The third kappa shape index (κ3) is 4.79. The number of rotatable bonds is 8. The summed E-state index contributed by atoms with van der Waals surface area (Å²) in [5.41, 5.74) is 3.42. The predicted octanol–water partition coefficient (Wildman–Crippen LogP) is 5.61. The fraction of sp³-hybridized carbons (Fsp3) is 0.500. The lowest BCUT2D eigenvalue weighted by Crippen LogP contribution is -2.34. The van der Waals surface area contributed by atoms with E-state index in [1.165, 1.54) is 17.5 Å². The average Bonchev–Trinajstić information content (AvgIpc) is 3.22. The summed E-state index contributed by atoms with van der Waals surface area (Å²) >= 11 is 0. The summed E-state index contributed by atoms with van der Waals surface area (Å²) in [7, 11) is 0. The molecule has 2 aromatic rings. The Kier molecular flexibility index (Phi) is 6.46. The van der Waals surface area contributed by atoms with Crippen LogP contribution in [-0.4, -0.2) is 17.2 Å². The highest BCUT2D eigenvalue weighted by Crippen LogP contribution is 2.47. The molecule has 5 atom stereocenters. The van der Waals surface area contributed by atoms with Crippen LogP contribution in [-0.2, 0) is 16.1 Å². The molecule has 1 N–H and O–H groups in total. The molecule has 2 bridgehead atoms. The Hall–Kier alpha value is -1.97. The van der Waals surface area contributed by atoms with E-state index in [9.17, 15) is 9.90 Å². The molecule has 0 amide bonds. The number of hydrogen-bond acceptors (Lipinski definition) is 3. The molecule has 29 heavy (non-hydrogen) atoms. The molecule has 0 heterocycles. The Labute approximate surface area is 174 Å². The van der Waals surface area contributed by atoms with Crippen LogP contribution in [0.1, 0.15) is 51.0 Å². The molecule has 0 saturated heterocycles. The maximum Gasteiger partial charge on any atom is 0.154 e. The molecule has 0 aromatic heterocycles. The van der Waals surface area contributed by atoms with E-state index >= 15 is 0 Å². The summed E-state index contributed by atoms with van der Waals surface area (Å²) in [6.45, 7) is 2.65. The molecule has 154 valence electrons. The number of hydrogen-bond donors (Lipinski definition) is 1. The molecule has 2 aromatic carbocycles. The van der Waals surface area contributed by atoms with Crippen LogP contribution in [0, 0.1) is 23.7 Å². The van der Waals surface area contributed by atoms with Crippen molar-refractivity contribution >= 4 is 5.78 Å². The van der Waals surface area contributed by atoms with E-state index < -0.39 is 6.29 Å². The Balaban J connectivity index is 1.20. The van der Waals surface area contributed by atoms with Gasteiger partial charge in [-0.25, -0.2) is 0 Å². The normalized spacial score (nSPS) is 27.2. The summed E-state index contributed by atoms with van der Waals surface area (Å²) in [6, 6.07) is 18.6. The topological polar surface area (TPSA) is 46.5 Å². The molecule has 3 nitrogen and oxygen atoms in total. The van der Waals surface area contributed by atoms with E-state index in [4.69, 9.17) is 4.74 Å². The van der Waals surface area contributed by atoms with Crippen LogP contribution in [0.2, 0.25) is 0 Å². The van der Waals surface area contributed by atoms with Crippen LogP contribution in [0.5, 0.6) is 0 Å². The van der Waals surface area contributed by atoms with Crippen LogP contribution in [0.15, 0.2) is 54.6 Å². The smallest absolute Gasteiger partial charge is 0.154 e. The van der Waals surface area contributed by atoms with Gasteiger partial charge in [0.25, 0.3) is 0 Å². The number of benzene rings is 2. The van der Waals surface area contributed by atoms with E-state index in [2.05, 4.69) is 31.2 Å². The summed E-state index contributed by atoms with van der Waals surface area (Å²) in [5, 5.41) is 10.2. The molecule has 2 aliphatic rings. The highest BCUT2D eigenvalue weighted by atomic mass is 16.6. The maximum atomic E-state index is 12.6. The first kappa shape index (κ1) is 20.3. The van der Waals surface area contributed by atoms with Gasteiger partial charge in [0.2, 0.25) is 0 Å². The van der Waals surface area contributed by atoms with E-state index in [0.29, 0.717) is 30.6 Å². The Morgan fingerprint density at radius 2 is 1.76 bits per heavy atom. The second-order valence-electron chi connectivity index (χ2n) is 8.90. The van der Waals surface area contributed by atoms with Crippen molar-refractivity contribution < 1.29 is 14.6 Å². The number of fused-ring (bicyclic) bond motifs is 2. The van der Waals surface area contributed by atoms with Gasteiger partial charge in [-0.05, 0) is 67.1 Å². The minimum absolute atomic E-state index is 0.194. The van der Waals surface area contributed by atoms with Gasteiger partial charge in [0, 0.05) is 11.8 Å². The summed E-state index contributed by atoms with van der Waals surface area (Å²) < 4.78 is 5.64. The molecular weight excluding hydrogens is 360 g/mol. The number of Topliss-reactive ketones (excluding diaryl/α,β-unsaturated/α-hetero) is 1. The summed E-state index contributed by atoms with van der Waals surface area (Å²) in [6.07, 6.45) is 4.99.